The molecule has 1 amide bonds. The molecule has 6 nitrogen and oxygen atoms in total. The molecular formula is C19H31N3O3S. The first kappa shape index (κ1) is 20.6. The minimum absolute atomic E-state index is 0.0539. The predicted molar refractivity (Wildman–Crippen MR) is 108 cm³/mol. The zero-order chi connectivity index (χ0) is 19.3. The molecule has 0 saturated carbocycles. The van der Waals surface area contributed by atoms with Gasteiger partial charge >= 0.3 is 0 Å². The SMILES string of the molecule is CCN(CC)c1ccc(NCC(=O)N(CC)C2CCS(=O)(=O)C2)c(C)c1. The summed E-state index contributed by atoms with van der Waals surface area (Å²) in [5.74, 6) is 0.215. The van der Waals surface area contributed by atoms with Crippen molar-refractivity contribution >= 4 is 27.1 Å². The van der Waals surface area contributed by atoms with Gasteiger partial charge in [-0.3, -0.25) is 4.79 Å². The van der Waals surface area contributed by atoms with Gasteiger partial charge in [0.25, 0.3) is 0 Å². The molecule has 146 valence electrons. The molecule has 1 unspecified atom stereocenters. The molecule has 7 heteroatoms. The van der Waals surface area contributed by atoms with Crippen LogP contribution in [-0.2, 0) is 14.6 Å². The van der Waals surface area contributed by atoms with E-state index in [1.54, 1.807) is 4.90 Å². The molecule has 0 spiro atoms. The summed E-state index contributed by atoms with van der Waals surface area (Å²) in [4.78, 5) is 16.6. The Kier molecular flexibility index (Phi) is 6.92. The number of carbonyl (C=O) groups excluding carboxylic acids is 1. The number of nitrogens with one attached hydrogen (secondary N) is 1. The molecule has 1 fully saturated rings. The van der Waals surface area contributed by atoms with Gasteiger partial charge in [0.05, 0.1) is 18.1 Å². The van der Waals surface area contributed by atoms with Crippen molar-refractivity contribution in [3.05, 3.63) is 23.8 Å². The van der Waals surface area contributed by atoms with Crippen molar-refractivity contribution in [2.24, 2.45) is 0 Å². The van der Waals surface area contributed by atoms with Crippen molar-refractivity contribution in [1.29, 1.82) is 0 Å². The van der Waals surface area contributed by atoms with Gasteiger partial charge in [-0.25, -0.2) is 8.42 Å². The number of anilines is 2. The highest BCUT2D eigenvalue weighted by Gasteiger charge is 2.33. The molecule has 1 N–H and O–H groups in total. The maximum absolute atomic E-state index is 12.6. The third-order valence-electron chi connectivity index (χ3n) is 5.08. The number of aryl methyl sites for hydroxylation is 1. The van der Waals surface area contributed by atoms with Gasteiger partial charge in [-0.1, -0.05) is 0 Å². The van der Waals surface area contributed by atoms with Crippen LogP contribution in [0.1, 0.15) is 32.8 Å². The predicted octanol–water partition coefficient (Wildman–Crippen LogP) is 2.29. The molecule has 1 aliphatic heterocycles. The highest BCUT2D eigenvalue weighted by atomic mass is 32.2. The first-order valence-electron chi connectivity index (χ1n) is 9.40. The van der Waals surface area contributed by atoms with Crippen LogP contribution in [0.2, 0.25) is 0 Å². The summed E-state index contributed by atoms with van der Waals surface area (Å²) < 4.78 is 23.4. The fraction of sp³-hybridized carbons (Fsp3) is 0.632. The molecule has 1 heterocycles. The lowest BCUT2D eigenvalue weighted by molar-refractivity contribution is -0.130. The van der Waals surface area contributed by atoms with Gasteiger partial charge in [0.1, 0.15) is 0 Å². The minimum atomic E-state index is -2.99. The van der Waals surface area contributed by atoms with Gasteiger partial charge in [0, 0.05) is 37.1 Å². The van der Waals surface area contributed by atoms with Crippen molar-refractivity contribution in [3.8, 4) is 0 Å². The molecule has 2 rings (SSSR count). The molecule has 0 aliphatic carbocycles. The minimum Gasteiger partial charge on any atom is -0.376 e. The monoisotopic (exact) mass is 381 g/mol. The number of likely N-dealkylation sites (N-methyl/N-ethyl adjacent to an activating group) is 1. The normalized spacial score (nSPS) is 18.5. The number of amides is 1. The Morgan fingerprint density at radius 3 is 2.38 bits per heavy atom. The van der Waals surface area contributed by atoms with Crippen molar-refractivity contribution < 1.29 is 13.2 Å². The van der Waals surface area contributed by atoms with E-state index in [1.165, 1.54) is 5.69 Å². The van der Waals surface area contributed by atoms with E-state index in [0.717, 1.165) is 24.3 Å². The number of benzene rings is 1. The topological polar surface area (TPSA) is 69.7 Å². The van der Waals surface area contributed by atoms with E-state index in [4.69, 9.17) is 0 Å². The van der Waals surface area contributed by atoms with Crippen LogP contribution in [0, 0.1) is 6.92 Å². The highest BCUT2D eigenvalue weighted by Crippen LogP contribution is 2.23. The first-order chi connectivity index (χ1) is 12.3. The fourth-order valence-electron chi connectivity index (χ4n) is 3.56. The lowest BCUT2D eigenvalue weighted by Crippen LogP contribution is -2.43. The Hall–Kier alpha value is -1.76. The van der Waals surface area contributed by atoms with E-state index < -0.39 is 9.84 Å². The molecule has 1 aliphatic rings. The molecule has 0 radical (unpaired) electrons. The smallest absolute Gasteiger partial charge is 0.242 e. The van der Waals surface area contributed by atoms with Gasteiger partial charge in [-0.05, 0) is 57.9 Å². The lowest BCUT2D eigenvalue weighted by Gasteiger charge is -2.27. The Morgan fingerprint density at radius 2 is 1.88 bits per heavy atom. The molecular weight excluding hydrogens is 350 g/mol. The van der Waals surface area contributed by atoms with Crippen LogP contribution in [0.25, 0.3) is 0 Å². The second kappa shape index (κ2) is 8.75. The Bertz CT molecular complexity index is 730. The standard InChI is InChI=1S/C19H31N3O3S/c1-5-21(6-2)16-8-9-18(15(4)12-16)20-13-19(23)22(7-3)17-10-11-26(24,25)14-17/h8-9,12,17,20H,5-7,10-11,13-14H2,1-4H3. The molecule has 0 bridgehead atoms. The summed E-state index contributed by atoms with van der Waals surface area (Å²) >= 11 is 0. The molecule has 1 saturated heterocycles. The number of hydrogen-bond donors (Lipinski definition) is 1. The van der Waals surface area contributed by atoms with Crippen LogP contribution >= 0.6 is 0 Å². The van der Waals surface area contributed by atoms with Crippen molar-refractivity contribution in [3.63, 3.8) is 0 Å². The zero-order valence-electron chi connectivity index (χ0n) is 16.3. The quantitative estimate of drug-likeness (QED) is 0.748. The van der Waals surface area contributed by atoms with Crippen molar-refractivity contribution in [1.82, 2.24) is 4.90 Å². The third kappa shape index (κ3) is 4.90. The van der Waals surface area contributed by atoms with Gasteiger partial charge in [0.15, 0.2) is 9.84 Å². The van der Waals surface area contributed by atoms with Crippen LogP contribution in [-0.4, -0.2) is 63.0 Å². The summed E-state index contributed by atoms with van der Waals surface area (Å²) in [7, 11) is -2.99. The fourth-order valence-corrected chi connectivity index (χ4v) is 5.29. The van der Waals surface area contributed by atoms with Crippen LogP contribution in [0.15, 0.2) is 18.2 Å². The Balaban J connectivity index is 2.00. The first-order valence-corrected chi connectivity index (χ1v) is 11.2. The average Bonchev–Trinajstić information content (AvgIpc) is 2.95. The van der Waals surface area contributed by atoms with Crippen molar-refractivity contribution in [2.45, 2.75) is 40.2 Å². The van der Waals surface area contributed by atoms with Crippen LogP contribution in [0.3, 0.4) is 0 Å². The van der Waals surface area contributed by atoms with E-state index in [9.17, 15) is 13.2 Å². The molecule has 1 aromatic carbocycles. The highest BCUT2D eigenvalue weighted by molar-refractivity contribution is 7.91. The molecule has 26 heavy (non-hydrogen) atoms. The summed E-state index contributed by atoms with van der Waals surface area (Å²) in [6.07, 6.45) is 0.541. The molecule has 1 aromatic rings. The number of sulfone groups is 1. The van der Waals surface area contributed by atoms with Crippen LogP contribution in [0.5, 0.6) is 0 Å². The van der Waals surface area contributed by atoms with Crippen LogP contribution in [0.4, 0.5) is 11.4 Å². The third-order valence-corrected chi connectivity index (χ3v) is 6.83. The van der Waals surface area contributed by atoms with Gasteiger partial charge in [-0.2, -0.15) is 0 Å². The Morgan fingerprint density at radius 1 is 1.19 bits per heavy atom. The average molecular weight is 382 g/mol. The number of nitrogens with zero attached hydrogens (tertiary/aromatic N) is 2. The summed E-state index contributed by atoms with van der Waals surface area (Å²) in [6.45, 7) is 10.8. The van der Waals surface area contributed by atoms with E-state index >= 15 is 0 Å². The van der Waals surface area contributed by atoms with Gasteiger partial charge in [0.2, 0.25) is 5.91 Å². The largest absolute Gasteiger partial charge is 0.376 e. The Labute approximate surface area is 157 Å². The molecule has 1 atom stereocenters. The molecule has 0 aromatic heterocycles. The second-order valence-corrected chi connectivity index (χ2v) is 8.99. The van der Waals surface area contributed by atoms with E-state index in [2.05, 4.69) is 36.2 Å². The second-order valence-electron chi connectivity index (χ2n) is 6.76. The number of carbonyl (C=O) groups is 1. The van der Waals surface area contributed by atoms with Crippen molar-refractivity contribution in [2.75, 3.05) is 47.9 Å². The van der Waals surface area contributed by atoms with E-state index in [-0.39, 0.29) is 30.0 Å². The van der Waals surface area contributed by atoms with E-state index in [0.29, 0.717) is 13.0 Å². The van der Waals surface area contributed by atoms with E-state index in [1.807, 2.05) is 19.9 Å². The summed E-state index contributed by atoms with van der Waals surface area (Å²) in [5, 5.41) is 3.21. The maximum atomic E-state index is 12.6. The van der Waals surface area contributed by atoms with Crippen LogP contribution < -0.4 is 10.2 Å². The number of rotatable bonds is 8. The maximum Gasteiger partial charge on any atom is 0.242 e. The van der Waals surface area contributed by atoms with Gasteiger partial charge in [-0.15, -0.1) is 0 Å². The summed E-state index contributed by atoms with van der Waals surface area (Å²) in [5.41, 5.74) is 3.20. The lowest BCUT2D eigenvalue weighted by atomic mass is 10.1. The zero-order valence-corrected chi connectivity index (χ0v) is 17.1. The van der Waals surface area contributed by atoms with Gasteiger partial charge < -0.3 is 15.1 Å². The number of hydrogen-bond acceptors (Lipinski definition) is 5. The summed E-state index contributed by atoms with van der Waals surface area (Å²) in [6, 6.07) is 6.01.